The highest BCUT2D eigenvalue weighted by Gasteiger charge is 2.42. The molecule has 1 unspecified atom stereocenters. The number of hydrogen-bond donors (Lipinski definition) is 1. The highest BCUT2D eigenvalue weighted by Crippen LogP contribution is 2.34. The molecule has 19 heavy (non-hydrogen) atoms. The Morgan fingerprint density at radius 3 is 2.84 bits per heavy atom. The van der Waals surface area contributed by atoms with Crippen LogP contribution in [-0.2, 0) is 4.79 Å². The molecule has 1 atom stereocenters. The molecular weight excluding hydrogens is 264 g/mol. The lowest BCUT2D eigenvalue weighted by Crippen LogP contribution is -2.49. The molecule has 104 valence electrons. The van der Waals surface area contributed by atoms with E-state index in [1.54, 1.807) is 11.1 Å². The van der Waals surface area contributed by atoms with Gasteiger partial charge in [-0.1, -0.05) is 6.92 Å². The van der Waals surface area contributed by atoms with Gasteiger partial charge in [0.2, 0.25) is 0 Å². The van der Waals surface area contributed by atoms with Crippen molar-refractivity contribution in [2.24, 2.45) is 5.41 Å². The first-order valence-electron chi connectivity index (χ1n) is 6.43. The van der Waals surface area contributed by atoms with Crippen LogP contribution in [0.2, 0.25) is 0 Å². The fraction of sp³-hybridized carbons (Fsp3) is 0.615. The number of likely N-dealkylation sites (tertiary alicyclic amines) is 1. The predicted octanol–water partition coefficient (Wildman–Crippen LogP) is 2.17. The number of piperidine rings is 1. The molecule has 1 N–H and O–H groups in total. The fourth-order valence-electron chi connectivity index (χ4n) is 2.54. The van der Waals surface area contributed by atoms with Crippen LogP contribution in [0, 0.1) is 12.3 Å². The van der Waals surface area contributed by atoms with E-state index in [-0.39, 0.29) is 5.91 Å². The third kappa shape index (κ3) is 2.63. The molecule has 2 heterocycles. The zero-order valence-corrected chi connectivity index (χ0v) is 12.0. The maximum Gasteiger partial charge on any atom is 0.311 e. The van der Waals surface area contributed by atoms with Crippen LogP contribution < -0.4 is 0 Å². The van der Waals surface area contributed by atoms with Gasteiger partial charge in [0.05, 0.1) is 16.6 Å². The third-order valence-electron chi connectivity index (χ3n) is 3.83. The Labute approximate surface area is 116 Å². The normalized spacial score (nSPS) is 23.4. The lowest BCUT2D eigenvalue weighted by Gasteiger charge is -2.39. The Bertz CT molecular complexity index is 500. The van der Waals surface area contributed by atoms with Crippen molar-refractivity contribution in [1.82, 2.24) is 9.88 Å². The van der Waals surface area contributed by atoms with E-state index in [0.717, 1.165) is 11.4 Å². The summed E-state index contributed by atoms with van der Waals surface area (Å²) in [6, 6.07) is 0. The summed E-state index contributed by atoms with van der Waals surface area (Å²) < 4.78 is 0. The summed E-state index contributed by atoms with van der Waals surface area (Å²) in [7, 11) is 0. The Hall–Kier alpha value is -1.43. The van der Waals surface area contributed by atoms with E-state index < -0.39 is 11.4 Å². The van der Waals surface area contributed by atoms with Gasteiger partial charge >= 0.3 is 5.97 Å². The smallest absolute Gasteiger partial charge is 0.311 e. The van der Waals surface area contributed by atoms with Gasteiger partial charge in [0, 0.05) is 13.1 Å². The van der Waals surface area contributed by atoms with Crippen LogP contribution in [-0.4, -0.2) is 40.0 Å². The molecule has 0 saturated carbocycles. The number of rotatable bonds is 3. The summed E-state index contributed by atoms with van der Waals surface area (Å²) >= 11 is 1.36. The monoisotopic (exact) mass is 282 g/mol. The summed E-state index contributed by atoms with van der Waals surface area (Å²) in [4.78, 5) is 30.1. The van der Waals surface area contributed by atoms with Crippen LogP contribution in [0.15, 0.2) is 6.20 Å². The first kappa shape index (κ1) is 14.0. The first-order valence-corrected chi connectivity index (χ1v) is 7.25. The van der Waals surface area contributed by atoms with Gasteiger partial charge in [-0.25, -0.2) is 4.98 Å². The zero-order valence-electron chi connectivity index (χ0n) is 11.2. The molecule has 1 aliphatic heterocycles. The predicted molar refractivity (Wildman–Crippen MR) is 72.3 cm³/mol. The molecule has 1 amide bonds. The van der Waals surface area contributed by atoms with Crippen molar-refractivity contribution in [2.45, 2.75) is 33.1 Å². The second-order valence-corrected chi connectivity index (χ2v) is 6.25. The minimum absolute atomic E-state index is 0.0932. The number of carboxylic acid groups (broad SMARTS) is 1. The number of amides is 1. The summed E-state index contributed by atoms with van der Waals surface area (Å²) in [5.41, 5.74) is -0.784. The van der Waals surface area contributed by atoms with Gasteiger partial charge in [-0.3, -0.25) is 9.59 Å². The second-order valence-electron chi connectivity index (χ2n) is 5.01. The van der Waals surface area contributed by atoms with Crippen LogP contribution in [0.1, 0.15) is 40.9 Å². The van der Waals surface area contributed by atoms with Crippen molar-refractivity contribution >= 4 is 23.2 Å². The van der Waals surface area contributed by atoms with Gasteiger partial charge in [0.15, 0.2) is 0 Å². The molecule has 0 bridgehead atoms. The van der Waals surface area contributed by atoms with Crippen molar-refractivity contribution in [1.29, 1.82) is 0 Å². The molecular formula is C13H18N2O3S. The molecule has 0 radical (unpaired) electrons. The molecule has 0 spiro atoms. The van der Waals surface area contributed by atoms with E-state index in [1.807, 2.05) is 13.8 Å². The lowest BCUT2D eigenvalue weighted by atomic mass is 9.77. The van der Waals surface area contributed by atoms with Gasteiger partial charge in [-0.05, 0) is 26.2 Å². The first-order chi connectivity index (χ1) is 8.98. The maximum atomic E-state index is 12.3. The van der Waals surface area contributed by atoms with Crippen LogP contribution >= 0.6 is 11.3 Å². The summed E-state index contributed by atoms with van der Waals surface area (Å²) in [6.45, 7) is 4.66. The molecule has 1 fully saturated rings. The number of hydrogen-bond acceptors (Lipinski definition) is 4. The average Bonchev–Trinajstić information content (AvgIpc) is 2.84. The Morgan fingerprint density at radius 1 is 1.58 bits per heavy atom. The minimum Gasteiger partial charge on any atom is -0.481 e. The average molecular weight is 282 g/mol. The van der Waals surface area contributed by atoms with E-state index in [1.165, 1.54) is 11.3 Å². The lowest BCUT2D eigenvalue weighted by molar-refractivity contribution is -0.152. The van der Waals surface area contributed by atoms with E-state index in [2.05, 4.69) is 4.98 Å². The molecule has 1 aromatic heterocycles. The van der Waals surface area contributed by atoms with E-state index in [4.69, 9.17) is 0 Å². The third-order valence-corrected chi connectivity index (χ3v) is 4.73. The van der Waals surface area contributed by atoms with E-state index in [9.17, 15) is 14.7 Å². The van der Waals surface area contributed by atoms with Gasteiger partial charge in [0.1, 0.15) is 4.88 Å². The summed E-state index contributed by atoms with van der Waals surface area (Å²) in [5.74, 6) is -0.891. The van der Waals surface area contributed by atoms with Crippen molar-refractivity contribution < 1.29 is 14.7 Å². The largest absolute Gasteiger partial charge is 0.481 e. The fourth-order valence-corrected chi connectivity index (χ4v) is 3.28. The van der Waals surface area contributed by atoms with Crippen LogP contribution in [0.4, 0.5) is 0 Å². The Morgan fingerprint density at radius 2 is 2.32 bits per heavy atom. The molecule has 1 aliphatic rings. The number of thiazole rings is 1. The summed E-state index contributed by atoms with van der Waals surface area (Å²) in [5, 5.41) is 10.3. The molecule has 1 saturated heterocycles. The summed E-state index contributed by atoms with van der Waals surface area (Å²) in [6.07, 6.45) is 3.51. The molecule has 0 aliphatic carbocycles. The topological polar surface area (TPSA) is 70.5 Å². The Kier molecular flexibility index (Phi) is 3.89. The molecule has 6 heteroatoms. The minimum atomic E-state index is -0.798. The van der Waals surface area contributed by atoms with Gasteiger partial charge in [-0.2, -0.15) is 0 Å². The second kappa shape index (κ2) is 5.28. The quantitative estimate of drug-likeness (QED) is 0.922. The van der Waals surface area contributed by atoms with E-state index in [0.29, 0.717) is 30.8 Å². The number of nitrogens with zero attached hydrogens (tertiary/aromatic N) is 2. The molecule has 2 rings (SSSR count). The number of carboxylic acids is 1. The highest BCUT2D eigenvalue weighted by molar-refractivity contribution is 7.13. The van der Waals surface area contributed by atoms with Gasteiger partial charge < -0.3 is 10.0 Å². The molecule has 1 aromatic rings. The highest BCUT2D eigenvalue weighted by atomic mass is 32.1. The van der Waals surface area contributed by atoms with Gasteiger partial charge in [0.25, 0.3) is 5.91 Å². The van der Waals surface area contributed by atoms with Crippen molar-refractivity contribution in [3.05, 3.63) is 16.1 Å². The van der Waals surface area contributed by atoms with E-state index >= 15 is 0 Å². The number of carbonyl (C=O) groups is 2. The zero-order chi connectivity index (χ0) is 14.0. The SMILES string of the molecule is CCC1(C(=O)O)CCCN(C(=O)c2cnc(C)s2)C1. The number of carbonyl (C=O) groups excluding carboxylic acids is 1. The van der Waals surface area contributed by atoms with Crippen molar-refractivity contribution in [3.8, 4) is 0 Å². The maximum absolute atomic E-state index is 12.3. The van der Waals surface area contributed by atoms with Crippen molar-refractivity contribution in [3.63, 3.8) is 0 Å². The number of aliphatic carboxylic acids is 1. The van der Waals surface area contributed by atoms with Crippen LogP contribution in [0.25, 0.3) is 0 Å². The standard InChI is InChI=1S/C13H18N2O3S/c1-3-13(12(17)18)5-4-6-15(8-13)11(16)10-7-14-9(2)19-10/h7H,3-6,8H2,1-2H3,(H,17,18). The molecule has 5 nitrogen and oxygen atoms in total. The van der Waals surface area contributed by atoms with Crippen LogP contribution in [0.5, 0.6) is 0 Å². The van der Waals surface area contributed by atoms with Crippen molar-refractivity contribution in [2.75, 3.05) is 13.1 Å². The number of aromatic nitrogens is 1. The Balaban J connectivity index is 2.17. The van der Waals surface area contributed by atoms with Gasteiger partial charge in [-0.15, -0.1) is 11.3 Å². The van der Waals surface area contributed by atoms with Crippen LogP contribution in [0.3, 0.4) is 0 Å². The number of aryl methyl sites for hydroxylation is 1. The molecule has 0 aromatic carbocycles.